The van der Waals surface area contributed by atoms with Crippen molar-refractivity contribution in [1.29, 1.82) is 0 Å². The van der Waals surface area contributed by atoms with E-state index in [1.54, 1.807) is 0 Å². The van der Waals surface area contributed by atoms with E-state index in [1.807, 2.05) is 11.5 Å². The molecule has 0 saturated heterocycles. The lowest BCUT2D eigenvalue weighted by molar-refractivity contribution is 0.204. The normalized spacial score (nSPS) is 15.9. The predicted octanol–water partition coefficient (Wildman–Crippen LogP) is 2.06. The van der Waals surface area contributed by atoms with Gasteiger partial charge < -0.3 is 14.8 Å². The van der Waals surface area contributed by atoms with Crippen LogP contribution < -0.4 is 5.43 Å². The van der Waals surface area contributed by atoms with Gasteiger partial charge in [0, 0.05) is 31.4 Å². The van der Waals surface area contributed by atoms with Crippen molar-refractivity contribution in [3.05, 3.63) is 63.6 Å². The second-order valence-corrected chi connectivity index (χ2v) is 6.40. The highest BCUT2D eigenvalue weighted by Gasteiger charge is 2.19. The molecule has 5 heteroatoms. The molecule has 2 aromatic rings. The molecule has 128 valence electrons. The number of hydrogen-bond acceptors (Lipinski definition) is 4. The van der Waals surface area contributed by atoms with Gasteiger partial charge in [-0.05, 0) is 24.0 Å². The summed E-state index contributed by atoms with van der Waals surface area (Å²) in [5.41, 5.74) is 3.17. The van der Waals surface area contributed by atoms with Gasteiger partial charge in [-0.15, -0.1) is 0 Å². The first kappa shape index (κ1) is 16.7. The maximum absolute atomic E-state index is 11.9. The molecule has 1 aromatic carbocycles. The van der Waals surface area contributed by atoms with Crippen LogP contribution >= 0.6 is 0 Å². The molecule has 0 fully saturated rings. The zero-order valence-corrected chi connectivity index (χ0v) is 14.0. The molecular weight excluding hydrogens is 304 g/mol. The summed E-state index contributed by atoms with van der Waals surface area (Å²) in [4.78, 5) is 14.2. The Balaban J connectivity index is 1.87. The van der Waals surface area contributed by atoms with E-state index in [2.05, 4.69) is 29.2 Å². The van der Waals surface area contributed by atoms with Gasteiger partial charge in [0.25, 0.3) is 0 Å². The molecule has 3 rings (SSSR count). The van der Waals surface area contributed by atoms with E-state index < -0.39 is 0 Å². The molecule has 24 heavy (non-hydrogen) atoms. The SMILES string of the molecule is CCC(CO)n1cc(O)c(=O)cc1CN1CCc2ccccc2C1. The molecule has 2 heterocycles. The highest BCUT2D eigenvalue weighted by molar-refractivity contribution is 5.29. The van der Waals surface area contributed by atoms with Crippen LogP contribution in [0.1, 0.15) is 36.2 Å². The summed E-state index contributed by atoms with van der Waals surface area (Å²) in [5.74, 6) is -0.269. The highest BCUT2D eigenvalue weighted by atomic mass is 16.3. The fraction of sp³-hybridized carbons (Fsp3) is 0.421. The molecule has 0 spiro atoms. The van der Waals surface area contributed by atoms with Crippen LogP contribution in [-0.4, -0.2) is 32.8 Å². The number of rotatable bonds is 5. The zero-order chi connectivity index (χ0) is 17.1. The predicted molar refractivity (Wildman–Crippen MR) is 93.0 cm³/mol. The van der Waals surface area contributed by atoms with Crippen molar-refractivity contribution in [2.45, 2.75) is 38.9 Å². The Bertz CT molecular complexity index is 765. The van der Waals surface area contributed by atoms with Gasteiger partial charge in [-0.2, -0.15) is 0 Å². The van der Waals surface area contributed by atoms with Gasteiger partial charge in [-0.25, -0.2) is 0 Å². The van der Waals surface area contributed by atoms with E-state index in [1.165, 1.54) is 23.4 Å². The molecule has 5 nitrogen and oxygen atoms in total. The smallest absolute Gasteiger partial charge is 0.223 e. The number of aromatic hydroxyl groups is 1. The number of nitrogens with zero attached hydrogens (tertiary/aromatic N) is 2. The zero-order valence-electron chi connectivity index (χ0n) is 14.0. The van der Waals surface area contributed by atoms with E-state index in [0.717, 1.165) is 31.6 Å². The quantitative estimate of drug-likeness (QED) is 0.882. The van der Waals surface area contributed by atoms with E-state index in [-0.39, 0.29) is 23.8 Å². The van der Waals surface area contributed by atoms with Crippen molar-refractivity contribution in [3.8, 4) is 5.75 Å². The third-order valence-electron chi connectivity index (χ3n) is 4.81. The van der Waals surface area contributed by atoms with Gasteiger partial charge in [-0.1, -0.05) is 31.2 Å². The maximum Gasteiger partial charge on any atom is 0.223 e. The van der Waals surface area contributed by atoms with Crippen molar-refractivity contribution in [1.82, 2.24) is 9.47 Å². The second kappa shape index (κ2) is 7.20. The maximum atomic E-state index is 11.9. The third-order valence-corrected chi connectivity index (χ3v) is 4.81. The molecule has 1 unspecified atom stereocenters. The van der Waals surface area contributed by atoms with Crippen LogP contribution in [0.15, 0.2) is 41.3 Å². The molecule has 1 atom stereocenters. The molecular formula is C19H24N2O3. The number of hydrogen-bond donors (Lipinski definition) is 2. The van der Waals surface area contributed by atoms with Gasteiger partial charge in [-0.3, -0.25) is 9.69 Å². The van der Waals surface area contributed by atoms with Crippen LogP contribution in [0.25, 0.3) is 0 Å². The standard InChI is InChI=1S/C19H24N2O3/c1-2-16(13-22)21-12-19(24)18(23)9-17(21)11-20-8-7-14-5-3-4-6-15(14)10-20/h3-6,9,12,16,22,24H,2,7-8,10-11,13H2,1H3. The Morgan fingerprint density at radius 3 is 2.71 bits per heavy atom. The number of benzene rings is 1. The summed E-state index contributed by atoms with van der Waals surface area (Å²) in [6, 6.07) is 9.80. The minimum absolute atomic E-state index is 0.0192. The van der Waals surface area contributed by atoms with Crippen LogP contribution in [0, 0.1) is 0 Å². The molecule has 1 aliphatic heterocycles. The minimum Gasteiger partial charge on any atom is -0.503 e. The molecule has 2 N–H and O–H groups in total. The van der Waals surface area contributed by atoms with Gasteiger partial charge in [0.05, 0.1) is 18.8 Å². The van der Waals surface area contributed by atoms with Gasteiger partial charge in [0.1, 0.15) is 0 Å². The first-order valence-electron chi connectivity index (χ1n) is 8.46. The number of aliphatic hydroxyl groups is 1. The average Bonchev–Trinajstić information content (AvgIpc) is 2.60. The third kappa shape index (κ3) is 3.37. The molecule has 0 radical (unpaired) electrons. The molecule has 0 bridgehead atoms. The Kier molecular flexibility index (Phi) is 5.02. The summed E-state index contributed by atoms with van der Waals surface area (Å²) in [6.45, 7) is 4.37. The topological polar surface area (TPSA) is 65.7 Å². The molecule has 0 amide bonds. The molecule has 0 saturated carbocycles. The van der Waals surface area contributed by atoms with Crippen LogP contribution in [0.3, 0.4) is 0 Å². The van der Waals surface area contributed by atoms with Crippen LogP contribution in [0.4, 0.5) is 0 Å². The summed E-state index contributed by atoms with van der Waals surface area (Å²) in [7, 11) is 0. The van der Waals surface area contributed by atoms with Crippen molar-refractivity contribution in [2.75, 3.05) is 13.2 Å². The van der Waals surface area contributed by atoms with Crippen LogP contribution in [-0.2, 0) is 19.5 Å². The number of aliphatic hydroxyl groups excluding tert-OH is 1. The first-order valence-corrected chi connectivity index (χ1v) is 8.46. The van der Waals surface area contributed by atoms with Gasteiger partial charge in [0.2, 0.25) is 5.43 Å². The summed E-state index contributed by atoms with van der Waals surface area (Å²) < 4.78 is 1.84. The fourth-order valence-electron chi connectivity index (χ4n) is 3.38. The Labute approximate surface area is 141 Å². The van der Waals surface area contributed by atoms with E-state index in [9.17, 15) is 15.0 Å². The fourth-order valence-corrected chi connectivity index (χ4v) is 3.38. The van der Waals surface area contributed by atoms with Crippen LogP contribution in [0.5, 0.6) is 5.75 Å². The molecule has 0 aliphatic carbocycles. The number of aromatic nitrogens is 1. The van der Waals surface area contributed by atoms with E-state index in [4.69, 9.17) is 0 Å². The molecule has 1 aromatic heterocycles. The summed E-state index contributed by atoms with van der Waals surface area (Å²) in [5, 5.41) is 19.4. The number of fused-ring (bicyclic) bond motifs is 1. The largest absolute Gasteiger partial charge is 0.503 e. The van der Waals surface area contributed by atoms with E-state index >= 15 is 0 Å². The second-order valence-electron chi connectivity index (χ2n) is 6.40. The minimum atomic E-state index is -0.369. The van der Waals surface area contributed by atoms with Crippen LogP contribution in [0.2, 0.25) is 0 Å². The van der Waals surface area contributed by atoms with Gasteiger partial charge in [0.15, 0.2) is 5.75 Å². The lowest BCUT2D eigenvalue weighted by Gasteiger charge is -2.30. The highest BCUT2D eigenvalue weighted by Crippen LogP contribution is 2.22. The van der Waals surface area contributed by atoms with Crippen molar-refractivity contribution in [2.24, 2.45) is 0 Å². The Morgan fingerprint density at radius 1 is 1.25 bits per heavy atom. The van der Waals surface area contributed by atoms with Gasteiger partial charge >= 0.3 is 0 Å². The molecule has 1 aliphatic rings. The summed E-state index contributed by atoms with van der Waals surface area (Å²) in [6.07, 6.45) is 3.18. The van der Waals surface area contributed by atoms with Crippen molar-refractivity contribution < 1.29 is 10.2 Å². The summed E-state index contributed by atoms with van der Waals surface area (Å²) >= 11 is 0. The first-order chi connectivity index (χ1) is 11.6. The number of pyridine rings is 1. The lowest BCUT2D eigenvalue weighted by Crippen LogP contribution is -2.32. The van der Waals surface area contributed by atoms with Crippen molar-refractivity contribution >= 4 is 0 Å². The lowest BCUT2D eigenvalue weighted by atomic mass is 10.00. The Morgan fingerprint density at radius 2 is 2.00 bits per heavy atom. The van der Waals surface area contributed by atoms with Crippen molar-refractivity contribution in [3.63, 3.8) is 0 Å². The Hall–Kier alpha value is -2.11. The monoisotopic (exact) mass is 328 g/mol. The van der Waals surface area contributed by atoms with E-state index in [0.29, 0.717) is 6.54 Å². The average molecular weight is 328 g/mol.